The second-order valence-corrected chi connectivity index (χ2v) is 6.58. The summed E-state index contributed by atoms with van der Waals surface area (Å²) < 4.78 is 25.1. The number of carbonyl (C=O) groups excluding carboxylic acids is 3. The standard InChI is InChI=1S/C17H22N5O7/c1-8(23)26-5-11-13(27-9(2)24)14(28-10(3)25)17(29-11)22-7-21(4)12-15(18)19-6-20-16(12)22/h6-7,11,13-14,17H,5H2,1-4H3,(H2,18,19,20)/q+1/t11-,13-,14-,17-/m1/s1. The number of nitrogen functional groups attached to an aromatic ring is 1. The lowest BCUT2D eigenvalue weighted by molar-refractivity contribution is -0.645. The first-order valence-electron chi connectivity index (χ1n) is 8.79. The third-order valence-electron chi connectivity index (χ3n) is 4.34. The van der Waals surface area contributed by atoms with Gasteiger partial charge in [-0.05, 0) is 0 Å². The van der Waals surface area contributed by atoms with Crippen LogP contribution in [0.5, 0.6) is 0 Å². The molecule has 0 bridgehead atoms. The van der Waals surface area contributed by atoms with Crippen molar-refractivity contribution >= 4 is 34.9 Å². The summed E-state index contributed by atoms with van der Waals surface area (Å²) >= 11 is 0. The van der Waals surface area contributed by atoms with E-state index < -0.39 is 42.4 Å². The van der Waals surface area contributed by atoms with Crippen molar-refractivity contribution in [2.45, 2.75) is 45.3 Å². The Morgan fingerprint density at radius 3 is 2.41 bits per heavy atom. The molecule has 2 N–H and O–H groups in total. The second kappa shape index (κ2) is 7.99. The Balaban J connectivity index is 2.05. The van der Waals surface area contributed by atoms with Crippen molar-refractivity contribution in [3.05, 3.63) is 12.7 Å². The van der Waals surface area contributed by atoms with Gasteiger partial charge < -0.3 is 24.7 Å². The van der Waals surface area contributed by atoms with Crippen LogP contribution in [0.1, 0.15) is 27.0 Å². The number of hydrogen-bond acceptors (Lipinski definition) is 10. The highest BCUT2D eigenvalue weighted by Crippen LogP contribution is 2.35. The lowest BCUT2D eigenvalue weighted by Crippen LogP contribution is -2.40. The number of aromatic nitrogens is 4. The fourth-order valence-electron chi connectivity index (χ4n) is 3.31. The average Bonchev–Trinajstić information content (AvgIpc) is 3.11. The minimum absolute atomic E-state index is 0.190. The summed E-state index contributed by atoms with van der Waals surface area (Å²) in [7, 11) is 1.74. The largest absolute Gasteiger partial charge is 0.463 e. The van der Waals surface area contributed by atoms with Gasteiger partial charge in [0.1, 0.15) is 19.0 Å². The van der Waals surface area contributed by atoms with Crippen LogP contribution in [0.3, 0.4) is 0 Å². The van der Waals surface area contributed by atoms with Crippen LogP contribution >= 0.6 is 0 Å². The number of fused-ring (bicyclic) bond motifs is 1. The highest BCUT2D eigenvalue weighted by molar-refractivity contribution is 5.77. The molecule has 0 radical (unpaired) electrons. The van der Waals surface area contributed by atoms with Crippen molar-refractivity contribution in [1.29, 1.82) is 0 Å². The van der Waals surface area contributed by atoms with Crippen LogP contribution in [-0.2, 0) is 40.4 Å². The van der Waals surface area contributed by atoms with Gasteiger partial charge in [0, 0.05) is 20.8 Å². The maximum atomic E-state index is 11.7. The molecule has 2 aromatic heterocycles. The molecule has 29 heavy (non-hydrogen) atoms. The van der Waals surface area contributed by atoms with Crippen molar-refractivity contribution in [1.82, 2.24) is 14.5 Å². The zero-order valence-electron chi connectivity index (χ0n) is 16.4. The molecule has 4 atom stereocenters. The van der Waals surface area contributed by atoms with E-state index in [9.17, 15) is 14.4 Å². The normalized spacial score (nSPS) is 23.7. The molecule has 3 rings (SSSR count). The third kappa shape index (κ3) is 4.11. The Morgan fingerprint density at radius 2 is 1.79 bits per heavy atom. The van der Waals surface area contributed by atoms with Gasteiger partial charge in [-0.25, -0.2) is 9.55 Å². The van der Waals surface area contributed by atoms with E-state index in [0.29, 0.717) is 11.2 Å². The molecule has 0 unspecified atom stereocenters. The van der Waals surface area contributed by atoms with Crippen molar-refractivity contribution in [3.63, 3.8) is 0 Å². The van der Waals surface area contributed by atoms with Crippen molar-refractivity contribution in [3.8, 4) is 0 Å². The van der Waals surface area contributed by atoms with E-state index in [1.54, 1.807) is 22.5 Å². The summed E-state index contributed by atoms with van der Waals surface area (Å²) in [5.41, 5.74) is 6.92. The molecular weight excluding hydrogens is 386 g/mol. The van der Waals surface area contributed by atoms with Crippen LogP contribution in [0.25, 0.3) is 11.2 Å². The number of nitrogens with zero attached hydrogens (tertiary/aromatic N) is 4. The number of aryl methyl sites for hydroxylation is 1. The topological polar surface area (TPSA) is 149 Å². The molecule has 1 aliphatic heterocycles. The molecule has 0 aliphatic carbocycles. The summed E-state index contributed by atoms with van der Waals surface area (Å²) in [5, 5.41) is 0. The first-order valence-corrected chi connectivity index (χ1v) is 8.79. The number of hydrogen-bond donors (Lipinski definition) is 1. The van der Waals surface area contributed by atoms with Gasteiger partial charge in [-0.15, -0.1) is 0 Å². The molecule has 1 saturated heterocycles. The van der Waals surface area contributed by atoms with Gasteiger partial charge in [0.15, 0.2) is 11.9 Å². The first kappa shape index (κ1) is 20.5. The highest BCUT2D eigenvalue weighted by atomic mass is 16.7. The van der Waals surface area contributed by atoms with Crippen LogP contribution in [0.4, 0.5) is 5.82 Å². The monoisotopic (exact) mass is 408 g/mol. The summed E-state index contributed by atoms with van der Waals surface area (Å²) in [6.07, 6.45) is -0.841. The van der Waals surface area contributed by atoms with Crippen molar-refractivity contribution in [2.24, 2.45) is 7.05 Å². The maximum Gasteiger partial charge on any atom is 0.303 e. The number of carbonyl (C=O) groups is 3. The minimum Gasteiger partial charge on any atom is -0.463 e. The summed E-state index contributed by atoms with van der Waals surface area (Å²) in [6, 6.07) is 0. The Bertz CT molecular complexity index is 959. The molecule has 1 aliphatic rings. The predicted octanol–water partition coefficient (Wildman–Crippen LogP) is -0.838. The van der Waals surface area contributed by atoms with Crippen LogP contribution in [-0.4, -0.2) is 57.4 Å². The molecule has 12 nitrogen and oxygen atoms in total. The van der Waals surface area contributed by atoms with E-state index in [2.05, 4.69) is 9.97 Å². The van der Waals surface area contributed by atoms with Crippen molar-refractivity contribution < 1.29 is 37.9 Å². The number of nitrogens with two attached hydrogens (primary N) is 1. The Labute approximate surface area is 165 Å². The molecule has 0 spiro atoms. The van der Waals surface area contributed by atoms with Gasteiger partial charge in [-0.1, -0.05) is 0 Å². The zero-order valence-corrected chi connectivity index (χ0v) is 16.4. The SMILES string of the molecule is CC(=O)OC[C@H]1O[C@@H](n2c[n+](C)c3c(N)ncnc32)[C@H](OC(C)=O)[C@@H]1OC(C)=O. The van der Waals surface area contributed by atoms with E-state index in [1.807, 2.05) is 0 Å². The summed E-state index contributed by atoms with van der Waals surface area (Å²) in [6.45, 7) is 3.51. The van der Waals surface area contributed by atoms with E-state index in [4.69, 9.17) is 24.7 Å². The smallest absolute Gasteiger partial charge is 0.303 e. The minimum atomic E-state index is -1.01. The fourth-order valence-corrected chi connectivity index (χ4v) is 3.31. The molecule has 2 aromatic rings. The van der Waals surface area contributed by atoms with E-state index in [0.717, 1.165) is 0 Å². The molecule has 0 amide bonds. The molecule has 1 fully saturated rings. The molecule has 12 heteroatoms. The molecule has 3 heterocycles. The molecule has 0 saturated carbocycles. The Morgan fingerprint density at radius 1 is 1.14 bits per heavy atom. The first-order chi connectivity index (χ1) is 13.7. The number of imidazole rings is 1. The molecule has 0 aromatic carbocycles. The fraction of sp³-hybridized carbons (Fsp3) is 0.529. The number of anilines is 1. The third-order valence-corrected chi connectivity index (χ3v) is 4.34. The van der Waals surface area contributed by atoms with Gasteiger partial charge >= 0.3 is 17.9 Å². The van der Waals surface area contributed by atoms with Gasteiger partial charge in [-0.3, -0.25) is 14.4 Å². The molecule has 156 valence electrons. The van der Waals surface area contributed by atoms with E-state index in [-0.39, 0.29) is 12.4 Å². The van der Waals surface area contributed by atoms with Gasteiger partial charge in [-0.2, -0.15) is 9.55 Å². The lowest BCUT2D eigenvalue weighted by Gasteiger charge is -2.22. The Hall–Kier alpha value is -3.28. The van der Waals surface area contributed by atoms with Crippen LogP contribution < -0.4 is 10.3 Å². The average molecular weight is 408 g/mol. The van der Waals surface area contributed by atoms with Crippen LogP contribution in [0.15, 0.2) is 12.7 Å². The number of ether oxygens (including phenoxy) is 4. The maximum absolute atomic E-state index is 11.7. The summed E-state index contributed by atoms with van der Waals surface area (Å²) in [5.74, 6) is -1.46. The van der Waals surface area contributed by atoms with E-state index >= 15 is 0 Å². The zero-order chi connectivity index (χ0) is 21.3. The van der Waals surface area contributed by atoms with E-state index in [1.165, 1.54) is 27.1 Å². The summed E-state index contributed by atoms with van der Waals surface area (Å²) in [4.78, 5) is 42.8. The quantitative estimate of drug-likeness (QED) is 0.377. The number of esters is 3. The molecular formula is C17H22N5O7+. The number of rotatable bonds is 5. The van der Waals surface area contributed by atoms with Crippen LogP contribution in [0.2, 0.25) is 0 Å². The Kier molecular flexibility index (Phi) is 5.64. The van der Waals surface area contributed by atoms with Gasteiger partial charge in [0.2, 0.25) is 24.2 Å². The van der Waals surface area contributed by atoms with Gasteiger partial charge in [0.25, 0.3) is 5.65 Å². The highest BCUT2D eigenvalue weighted by Gasteiger charge is 2.53. The van der Waals surface area contributed by atoms with Crippen LogP contribution in [0, 0.1) is 0 Å². The second-order valence-electron chi connectivity index (χ2n) is 6.58. The van der Waals surface area contributed by atoms with Crippen molar-refractivity contribution in [2.75, 3.05) is 12.3 Å². The van der Waals surface area contributed by atoms with Gasteiger partial charge in [0.05, 0.1) is 7.05 Å². The predicted molar refractivity (Wildman–Crippen MR) is 94.8 cm³/mol. The lowest BCUT2D eigenvalue weighted by atomic mass is 10.1.